The van der Waals surface area contributed by atoms with E-state index in [0.717, 1.165) is 18.7 Å². The Kier molecular flexibility index (Phi) is 2.63. The maximum absolute atomic E-state index is 4.84. The third-order valence-corrected chi connectivity index (χ3v) is 1.51. The number of hydrogen-bond acceptors (Lipinski definition) is 3. The maximum atomic E-state index is 4.84. The van der Waals surface area contributed by atoms with Crippen LogP contribution in [0.3, 0.4) is 0 Å². The van der Waals surface area contributed by atoms with E-state index in [2.05, 4.69) is 24.0 Å². The van der Waals surface area contributed by atoms with Crippen LogP contribution in [0.4, 0.5) is 0 Å². The molecule has 0 spiro atoms. The van der Waals surface area contributed by atoms with Crippen molar-refractivity contribution in [3.05, 3.63) is 11.7 Å². The molecular weight excluding hydrogens is 140 g/mol. The molecule has 0 aliphatic heterocycles. The SMILES string of the molecule is Cc1nc(CCC(C)C)no1. The summed E-state index contributed by atoms with van der Waals surface area (Å²) in [5.41, 5.74) is 0. The minimum absolute atomic E-state index is 0.656. The first-order valence-electron chi connectivity index (χ1n) is 3.97. The zero-order valence-corrected chi connectivity index (χ0v) is 7.29. The molecule has 0 aliphatic carbocycles. The van der Waals surface area contributed by atoms with E-state index in [9.17, 15) is 0 Å². The molecule has 0 N–H and O–H groups in total. The van der Waals surface area contributed by atoms with Gasteiger partial charge in [-0.15, -0.1) is 0 Å². The van der Waals surface area contributed by atoms with Crippen molar-refractivity contribution in [1.82, 2.24) is 10.1 Å². The first-order valence-corrected chi connectivity index (χ1v) is 3.97. The predicted molar refractivity (Wildman–Crippen MR) is 42.2 cm³/mol. The molecule has 0 aliphatic rings. The van der Waals surface area contributed by atoms with Gasteiger partial charge in [-0.25, -0.2) is 0 Å². The highest BCUT2D eigenvalue weighted by Crippen LogP contribution is 2.05. The van der Waals surface area contributed by atoms with Gasteiger partial charge < -0.3 is 4.52 Å². The van der Waals surface area contributed by atoms with Crippen LogP contribution in [0.25, 0.3) is 0 Å². The fraction of sp³-hybridized carbons (Fsp3) is 0.750. The quantitative estimate of drug-likeness (QED) is 0.668. The predicted octanol–water partition coefficient (Wildman–Crippen LogP) is 1.97. The smallest absolute Gasteiger partial charge is 0.223 e. The molecule has 0 amide bonds. The van der Waals surface area contributed by atoms with Crippen molar-refractivity contribution in [2.45, 2.75) is 33.6 Å². The fourth-order valence-electron chi connectivity index (χ4n) is 0.861. The third kappa shape index (κ3) is 2.70. The number of nitrogens with zero attached hydrogens (tertiary/aromatic N) is 2. The van der Waals surface area contributed by atoms with Crippen molar-refractivity contribution in [2.75, 3.05) is 0 Å². The van der Waals surface area contributed by atoms with E-state index in [1.807, 2.05) is 6.92 Å². The number of aromatic nitrogens is 2. The van der Waals surface area contributed by atoms with Gasteiger partial charge in [-0.2, -0.15) is 4.98 Å². The van der Waals surface area contributed by atoms with Crippen LogP contribution in [-0.4, -0.2) is 10.1 Å². The minimum Gasteiger partial charge on any atom is -0.340 e. The van der Waals surface area contributed by atoms with Gasteiger partial charge in [-0.1, -0.05) is 19.0 Å². The molecule has 0 saturated heterocycles. The molecule has 1 aromatic rings. The molecular formula is C8H14N2O. The van der Waals surface area contributed by atoms with Gasteiger partial charge in [0.15, 0.2) is 5.82 Å². The van der Waals surface area contributed by atoms with Crippen molar-refractivity contribution < 1.29 is 4.52 Å². The van der Waals surface area contributed by atoms with Crippen LogP contribution in [0.2, 0.25) is 0 Å². The van der Waals surface area contributed by atoms with Crippen molar-refractivity contribution in [1.29, 1.82) is 0 Å². The van der Waals surface area contributed by atoms with Crippen LogP contribution in [0.5, 0.6) is 0 Å². The van der Waals surface area contributed by atoms with Crippen LogP contribution in [0, 0.1) is 12.8 Å². The molecule has 0 radical (unpaired) electrons. The van der Waals surface area contributed by atoms with E-state index in [0.29, 0.717) is 11.8 Å². The number of hydrogen-bond donors (Lipinski definition) is 0. The summed E-state index contributed by atoms with van der Waals surface area (Å²) in [6.07, 6.45) is 2.05. The lowest BCUT2D eigenvalue weighted by atomic mass is 10.1. The molecule has 1 aromatic heterocycles. The van der Waals surface area contributed by atoms with Gasteiger partial charge >= 0.3 is 0 Å². The third-order valence-electron chi connectivity index (χ3n) is 1.51. The van der Waals surface area contributed by atoms with E-state index in [1.165, 1.54) is 0 Å². The Labute approximate surface area is 66.8 Å². The Hall–Kier alpha value is -0.860. The van der Waals surface area contributed by atoms with Gasteiger partial charge in [-0.3, -0.25) is 0 Å². The molecule has 0 aromatic carbocycles. The fourth-order valence-corrected chi connectivity index (χ4v) is 0.861. The monoisotopic (exact) mass is 154 g/mol. The Bertz CT molecular complexity index is 218. The Morgan fingerprint density at radius 2 is 2.18 bits per heavy atom. The van der Waals surface area contributed by atoms with Crippen LogP contribution >= 0.6 is 0 Å². The molecule has 3 heteroatoms. The summed E-state index contributed by atoms with van der Waals surface area (Å²) >= 11 is 0. The lowest BCUT2D eigenvalue weighted by molar-refractivity contribution is 0.385. The van der Waals surface area contributed by atoms with E-state index >= 15 is 0 Å². The van der Waals surface area contributed by atoms with Crippen molar-refractivity contribution >= 4 is 0 Å². The minimum atomic E-state index is 0.656. The van der Waals surface area contributed by atoms with E-state index in [4.69, 9.17) is 4.52 Å². The van der Waals surface area contributed by atoms with Gasteiger partial charge in [-0.05, 0) is 12.3 Å². The summed E-state index contributed by atoms with van der Waals surface area (Å²) in [6.45, 7) is 6.19. The largest absolute Gasteiger partial charge is 0.340 e. The maximum Gasteiger partial charge on any atom is 0.223 e. The highest BCUT2D eigenvalue weighted by atomic mass is 16.5. The summed E-state index contributed by atoms with van der Waals surface area (Å²) in [4.78, 5) is 4.10. The molecule has 1 heterocycles. The molecule has 62 valence electrons. The lowest BCUT2D eigenvalue weighted by Gasteiger charge is -1.98. The number of aryl methyl sites for hydroxylation is 2. The van der Waals surface area contributed by atoms with Crippen LogP contribution in [-0.2, 0) is 6.42 Å². The zero-order valence-electron chi connectivity index (χ0n) is 7.29. The van der Waals surface area contributed by atoms with Gasteiger partial charge in [0.25, 0.3) is 0 Å². The standard InChI is InChI=1S/C8H14N2O/c1-6(2)4-5-8-9-7(3)11-10-8/h6H,4-5H2,1-3H3. The van der Waals surface area contributed by atoms with Gasteiger partial charge in [0, 0.05) is 13.3 Å². The van der Waals surface area contributed by atoms with E-state index < -0.39 is 0 Å². The second-order valence-electron chi connectivity index (χ2n) is 3.16. The first kappa shape index (κ1) is 8.24. The average molecular weight is 154 g/mol. The summed E-state index contributed by atoms with van der Waals surface area (Å²) in [6, 6.07) is 0. The van der Waals surface area contributed by atoms with Crippen molar-refractivity contribution in [3.8, 4) is 0 Å². The van der Waals surface area contributed by atoms with Crippen LogP contribution < -0.4 is 0 Å². The van der Waals surface area contributed by atoms with Gasteiger partial charge in [0.1, 0.15) is 0 Å². The molecule has 1 rings (SSSR count). The topological polar surface area (TPSA) is 38.9 Å². The highest BCUT2D eigenvalue weighted by molar-refractivity contribution is 4.83. The Morgan fingerprint density at radius 3 is 2.64 bits per heavy atom. The van der Waals surface area contributed by atoms with Crippen LogP contribution in [0.15, 0.2) is 4.52 Å². The summed E-state index contributed by atoms with van der Waals surface area (Å²) in [5.74, 6) is 2.19. The molecule has 11 heavy (non-hydrogen) atoms. The van der Waals surface area contributed by atoms with Crippen molar-refractivity contribution in [3.63, 3.8) is 0 Å². The molecule has 0 bridgehead atoms. The normalized spacial score (nSPS) is 10.9. The van der Waals surface area contributed by atoms with Gasteiger partial charge in [0.05, 0.1) is 0 Å². The number of rotatable bonds is 3. The van der Waals surface area contributed by atoms with E-state index in [-0.39, 0.29) is 0 Å². The second-order valence-corrected chi connectivity index (χ2v) is 3.16. The lowest BCUT2D eigenvalue weighted by Crippen LogP contribution is -1.93. The summed E-state index contributed by atoms with van der Waals surface area (Å²) in [7, 11) is 0. The Morgan fingerprint density at radius 1 is 1.45 bits per heavy atom. The zero-order chi connectivity index (χ0) is 8.27. The first-order chi connectivity index (χ1) is 5.18. The van der Waals surface area contributed by atoms with Crippen LogP contribution in [0.1, 0.15) is 32.0 Å². The molecule has 0 saturated carbocycles. The molecule has 0 atom stereocenters. The Balaban J connectivity index is 2.39. The molecule has 0 unspecified atom stereocenters. The molecule has 0 fully saturated rings. The highest BCUT2D eigenvalue weighted by Gasteiger charge is 2.02. The second kappa shape index (κ2) is 3.51. The van der Waals surface area contributed by atoms with E-state index in [1.54, 1.807) is 0 Å². The van der Waals surface area contributed by atoms with Gasteiger partial charge in [0.2, 0.25) is 5.89 Å². The summed E-state index contributed by atoms with van der Waals surface area (Å²) in [5, 5.41) is 3.80. The molecule has 3 nitrogen and oxygen atoms in total. The average Bonchev–Trinajstić information content (AvgIpc) is 2.31. The summed E-state index contributed by atoms with van der Waals surface area (Å²) < 4.78 is 4.84. The van der Waals surface area contributed by atoms with Crippen molar-refractivity contribution in [2.24, 2.45) is 5.92 Å².